The Labute approximate surface area is 117 Å². The molecule has 0 spiro atoms. The number of nitro benzene ring substituents is 1. The molecule has 0 aromatic heterocycles. The number of halogens is 1. The van der Waals surface area contributed by atoms with Crippen molar-refractivity contribution in [1.29, 1.82) is 0 Å². The van der Waals surface area contributed by atoms with Crippen molar-refractivity contribution in [2.75, 3.05) is 6.54 Å². The molecule has 1 rings (SSSR count). The maximum atomic E-state index is 12.3. The minimum Gasteiger partial charge on any atom is -0.336 e. The van der Waals surface area contributed by atoms with E-state index >= 15 is 0 Å². The minimum atomic E-state index is -0.585. The average molecular weight is 285 g/mol. The van der Waals surface area contributed by atoms with Crippen molar-refractivity contribution in [3.05, 3.63) is 38.9 Å². The van der Waals surface area contributed by atoms with Gasteiger partial charge >= 0.3 is 0 Å². The maximum absolute atomic E-state index is 12.3. The summed E-state index contributed by atoms with van der Waals surface area (Å²) in [7, 11) is 0. The first kappa shape index (κ1) is 15.4. The summed E-state index contributed by atoms with van der Waals surface area (Å²) >= 11 is 5.73. The lowest BCUT2D eigenvalue weighted by Crippen LogP contribution is -2.38. The van der Waals surface area contributed by atoms with Gasteiger partial charge in [-0.15, -0.1) is 0 Å². The Morgan fingerprint density at radius 2 is 2.11 bits per heavy atom. The third-order valence-electron chi connectivity index (χ3n) is 3.11. The van der Waals surface area contributed by atoms with Crippen LogP contribution in [-0.2, 0) is 0 Å². The van der Waals surface area contributed by atoms with Crippen LogP contribution in [0.4, 0.5) is 5.69 Å². The highest BCUT2D eigenvalue weighted by molar-refractivity contribution is 6.32. The number of carbonyl (C=O) groups is 1. The zero-order valence-corrected chi connectivity index (χ0v) is 12.0. The molecule has 19 heavy (non-hydrogen) atoms. The molecule has 0 saturated heterocycles. The van der Waals surface area contributed by atoms with Crippen LogP contribution in [0.15, 0.2) is 18.2 Å². The van der Waals surface area contributed by atoms with Gasteiger partial charge in [0.1, 0.15) is 5.02 Å². The van der Waals surface area contributed by atoms with E-state index < -0.39 is 4.92 Å². The van der Waals surface area contributed by atoms with Crippen molar-refractivity contribution in [3.8, 4) is 0 Å². The van der Waals surface area contributed by atoms with Crippen LogP contribution < -0.4 is 0 Å². The molecular formula is C13H17ClN2O3. The van der Waals surface area contributed by atoms with Crippen LogP contribution in [0.25, 0.3) is 0 Å². The molecule has 0 fully saturated rings. The standard InChI is InChI=1S/C13H17ClN2O3/c1-4-9(3)15(5-2)13(17)10-6-7-11(14)12(8-10)16(18)19/h6-9H,4-5H2,1-3H3. The SMILES string of the molecule is CCC(C)N(CC)C(=O)c1ccc(Cl)c([N+](=O)[O-])c1. The molecule has 1 atom stereocenters. The maximum Gasteiger partial charge on any atom is 0.288 e. The molecule has 104 valence electrons. The fourth-order valence-corrected chi connectivity index (χ4v) is 2.01. The number of carbonyl (C=O) groups excluding carboxylic acids is 1. The first-order chi connectivity index (χ1) is 8.92. The van der Waals surface area contributed by atoms with Crippen molar-refractivity contribution in [1.82, 2.24) is 4.90 Å². The lowest BCUT2D eigenvalue weighted by Gasteiger charge is -2.27. The number of hydrogen-bond acceptors (Lipinski definition) is 3. The minimum absolute atomic E-state index is 0.0353. The quantitative estimate of drug-likeness (QED) is 0.614. The van der Waals surface area contributed by atoms with Gasteiger partial charge in [0.2, 0.25) is 0 Å². The summed E-state index contributed by atoms with van der Waals surface area (Å²) in [6.45, 7) is 6.38. The van der Waals surface area contributed by atoms with Crippen molar-refractivity contribution in [2.45, 2.75) is 33.2 Å². The third-order valence-corrected chi connectivity index (χ3v) is 3.43. The first-order valence-electron chi connectivity index (χ1n) is 6.17. The summed E-state index contributed by atoms with van der Waals surface area (Å²) in [6, 6.07) is 4.22. The van der Waals surface area contributed by atoms with Gasteiger partial charge in [-0.25, -0.2) is 0 Å². The number of benzene rings is 1. The average Bonchev–Trinajstić information content (AvgIpc) is 2.39. The van der Waals surface area contributed by atoms with Crippen molar-refractivity contribution in [2.24, 2.45) is 0 Å². The lowest BCUT2D eigenvalue weighted by atomic mass is 10.1. The second kappa shape index (κ2) is 6.52. The second-order valence-corrected chi connectivity index (χ2v) is 4.68. The molecule has 0 heterocycles. The van der Waals surface area contributed by atoms with Gasteiger partial charge in [-0.05, 0) is 32.4 Å². The van der Waals surface area contributed by atoms with Crippen LogP contribution in [0.5, 0.6) is 0 Å². The van der Waals surface area contributed by atoms with Crippen LogP contribution in [-0.4, -0.2) is 28.3 Å². The van der Waals surface area contributed by atoms with E-state index in [9.17, 15) is 14.9 Å². The van der Waals surface area contributed by atoms with E-state index in [1.54, 1.807) is 4.90 Å². The van der Waals surface area contributed by atoms with Crippen LogP contribution in [0, 0.1) is 10.1 Å². The largest absolute Gasteiger partial charge is 0.336 e. The Hall–Kier alpha value is -1.62. The predicted molar refractivity (Wildman–Crippen MR) is 74.6 cm³/mol. The molecule has 6 heteroatoms. The highest BCUT2D eigenvalue weighted by atomic mass is 35.5. The summed E-state index contributed by atoms with van der Waals surface area (Å²) in [6.07, 6.45) is 0.829. The molecule has 0 bridgehead atoms. The Morgan fingerprint density at radius 1 is 1.47 bits per heavy atom. The zero-order chi connectivity index (χ0) is 14.6. The fraction of sp³-hybridized carbons (Fsp3) is 0.462. The highest BCUT2D eigenvalue weighted by Gasteiger charge is 2.22. The van der Waals surface area contributed by atoms with E-state index in [1.807, 2.05) is 20.8 Å². The third kappa shape index (κ3) is 3.44. The Balaban J connectivity index is 3.12. The van der Waals surface area contributed by atoms with Crippen LogP contribution in [0.2, 0.25) is 5.02 Å². The predicted octanol–water partition coefficient (Wildman–Crippen LogP) is 3.51. The molecule has 0 aliphatic heterocycles. The van der Waals surface area contributed by atoms with Gasteiger partial charge in [0.15, 0.2) is 0 Å². The monoisotopic (exact) mass is 284 g/mol. The van der Waals surface area contributed by atoms with Gasteiger partial charge in [0, 0.05) is 24.2 Å². The van der Waals surface area contributed by atoms with Crippen molar-refractivity contribution < 1.29 is 9.72 Å². The number of amides is 1. The van der Waals surface area contributed by atoms with Gasteiger partial charge in [0.05, 0.1) is 4.92 Å². The molecule has 1 amide bonds. The summed E-state index contributed by atoms with van der Waals surface area (Å²) in [5.74, 6) is -0.211. The molecule has 0 N–H and O–H groups in total. The second-order valence-electron chi connectivity index (χ2n) is 4.27. The Kier molecular flexibility index (Phi) is 5.30. The lowest BCUT2D eigenvalue weighted by molar-refractivity contribution is -0.384. The van der Waals surface area contributed by atoms with E-state index in [-0.39, 0.29) is 22.7 Å². The molecule has 5 nitrogen and oxygen atoms in total. The summed E-state index contributed by atoms with van der Waals surface area (Å²) in [5, 5.41) is 10.9. The van der Waals surface area contributed by atoms with Crippen LogP contribution >= 0.6 is 11.6 Å². The van der Waals surface area contributed by atoms with Gasteiger partial charge < -0.3 is 4.90 Å². The topological polar surface area (TPSA) is 63.5 Å². The molecule has 1 unspecified atom stereocenters. The smallest absolute Gasteiger partial charge is 0.288 e. The van der Waals surface area contributed by atoms with Gasteiger partial charge in [-0.1, -0.05) is 18.5 Å². The van der Waals surface area contributed by atoms with Gasteiger partial charge in [-0.2, -0.15) is 0 Å². The van der Waals surface area contributed by atoms with E-state index in [1.165, 1.54) is 18.2 Å². The molecule has 1 aromatic rings. The molecule has 0 aliphatic rings. The van der Waals surface area contributed by atoms with E-state index in [0.717, 1.165) is 6.42 Å². The molecule has 0 saturated carbocycles. The zero-order valence-electron chi connectivity index (χ0n) is 11.2. The number of nitrogens with zero attached hydrogens (tertiary/aromatic N) is 2. The Bertz CT molecular complexity index is 491. The first-order valence-corrected chi connectivity index (χ1v) is 6.55. The summed E-state index contributed by atoms with van der Waals surface area (Å²) in [4.78, 5) is 24.2. The molecule has 0 radical (unpaired) electrons. The molecular weight excluding hydrogens is 268 g/mol. The highest BCUT2D eigenvalue weighted by Crippen LogP contribution is 2.26. The normalized spacial score (nSPS) is 12.0. The van der Waals surface area contributed by atoms with E-state index in [0.29, 0.717) is 12.1 Å². The van der Waals surface area contributed by atoms with E-state index in [2.05, 4.69) is 0 Å². The molecule has 1 aromatic carbocycles. The molecule has 0 aliphatic carbocycles. The Morgan fingerprint density at radius 3 is 2.58 bits per heavy atom. The van der Waals surface area contributed by atoms with Crippen LogP contribution in [0.1, 0.15) is 37.6 Å². The summed E-state index contributed by atoms with van der Waals surface area (Å²) in [5.41, 5.74) is 0.0472. The number of rotatable bonds is 5. The van der Waals surface area contributed by atoms with Gasteiger partial charge in [-0.3, -0.25) is 14.9 Å². The summed E-state index contributed by atoms with van der Waals surface area (Å²) < 4.78 is 0. The number of hydrogen-bond donors (Lipinski definition) is 0. The number of nitro groups is 1. The van der Waals surface area contributed by atoms with Crippen molar-refractivity contribution >= 4 is 23.2 Å². The van der Waals surface area contributed by atoms with Gasteiger partial charge in [0.25, 0.3) is 11.6 Å². The van der Waals surface area contributed by atoms with E-state index in [4.69, 9.17) is 11.6 Å². The fourth-order valence-electron chi connectivity index (χ4n) is 1.83. The van der Waals surface area contributed by atoms with Crippen molar-refractivity contribution in [3.63, 3.8) is 0 Å². The van der Waals surface area contributed by atoms with Crippen LogP contribution in [0.3, 0.4) is 0 Å².